The fourth-order valence-electron chi connectivity index (χ4n) is 1.75. The number of rotatable bonds is 6. The first-order valence-corrected chi connectivity index (χ1v) is 6.79. The summed E-state index contributed by atoms with van der Waals surface area (Å²) < 4.78 is 0. The van der Waals surface area contributed by atoms with Gasteiger partial charge in [0.2, 0.25) is 5.91 Å². The molecule has 15 heavy (non-hydrogen) atoms. The Balaban J connectivity index is 2.10. The molecule has 0 aromatic carbocycles. The van der Waals surface area contributed by atoms with Crippen molar-refractivity contribution in [3.63, 3.8) is 0 Å². The van der Waals surface area contributed by atoms with Crippen molar-refractivity contribution < 1.29 is 4.79 Å². The smallest absolute Gasteiger partial charge is 0.221 e. The second-order valence-corrected chi connectivity index (χ2v) is 5.80. The molecule has 1 amide bonds. The fourth-order valence-corrected chi connectivity index (χ4v) is 2.91. The second kappa shape index (κ2) is 6.38. The Hall–Kier alpha value is -0.220. The van der Waals surface area contributed by atoms with Gasteiger partial charge in [-0.3, -0.25) is 4.79 Å². The lowest BCUT2D eigenvalue weighted by atomic mass is 10.1. The number of likely N-dealkylation sites (tertiary alicyclic amines) is 1. The van der Waals surface area contributed by atoms with Crippen LogP contribution < -0.4 is 5.73 Å². The van der Waals surface area contributed by atoms with Gasteiger partial charge in [-0.25, -0.2) is 0 Å². The van der Waals surface area contributed by atoms with Crippen LogP contribution in [-0.2, 0) is 4.79 Å². The minimum atomic E-state index is -0.184. The number of thioether (sulfide) groups is 1. The summed E-state index contributed by atoms with van der Waals surface area (Å²) in [7, 11) is 0. The Morgan fingerprint density at radius 2 is 2.00 bits per heavy atom. The van der Waals surface area contributed by atoms with Gasteiger partial charge in [-0.15, -0.1) is 0 Å². The molecule has 0 aliphatic carbocycles. The number of nitrogens with two attached hydrogens (primary N) is 1. The molecule has 1 heterocycles. The maximum Gasteiger partial charge on any atom is 0.221 e. The van der Waals surface area contributed by atoms with E-state index in [1.165, 1.54) is 25.9 Å². The van der Waals surface area contributed by atoms with Gasteiger partial charge in [0.25, 0.3) is 0 Å². The molecule has 0 aromatic rings. The van der Waals surface area contributed by atoms with Crippen molar-refractivity contribution in [3.8, 4) is 0 Å². The van der Waals surface area contributed by atoms with Crippen LogP contribution in [0, 0.1) is 5.92 Å². The van der Waals surface area contributed by atoms with Gasteiger partial charge in [0, 0.05) is 23.5 Å². The zero-order chi connectivity index (χ0) is 11.3. The maximum absolute atomic E-state index is 11.0. The summed E-state index contributed by atoms with van der Waals surface area (Å²) >= 11 is 1.86. The Kier molecular flexibility index (Phi) is 5.47. The Morgan fingerprint density at radius 1 is 1.40 bits per heavy atom. The third-order valence-electron chi connectivity index (χ3n) is 3.14. The number of primary amides is 1. The Morgan fingerprint density at radius 3 is 2.53 bits per heavy atom. The molecule has 2 unspecified atom stereocenters. The van der Waals surface area contributed by atoms with E-state index in [1.807, 2.05) is 18.7 Å². The molecule has 3 nitrogen and oxygen atoms in total. The van der Waals surface area contributed by atoms with E-state index in [2.05, 4.69) is 11.8 Å². The highest BCUT2D eigenvalue weighted by Gasteiger charge is 2.18. The summed E-state index contributed by atoms with van der Waals surface area (Å²) in [5, 5.41) is 0.338. The monoisotopic (exact) mass is 230 g/mol. The molecular weight excluding hydrogens is 208 g/mol. The van der Waals surface area contributed by atoms with E-state index in [4.69, 9.17) is 5.73 Å². The third kappa shape index (κ3) is 4.43. The molecule has 4 heteroatoms. The predicted octanol–water partition coefficient (Wildman–Crippen LogP) is 1.33. The molecular formula is C11H22N2OS. The summed E-state index contributed by atoms with van der Waals surface area (Å²) in [4.78, 5) is 13.5. The molecule has 1 fully saturated rings. The van der Waals surface area contributed by atoms with Crippen LogP contribution in [0.4, 0.5) is 0 Å². The van der Waals surface area contributed by atoms with Crippen molar-refractivity contribution in [1.82, 2.24) is 4.90 Å². The molecule has 0 radical (unpaired) electrons. The lowest BCUT2D eigenvalue weighted by Crippen LogP contribution is -2.29. The standard InChI is InChI=1S/C11H22N2OS/c1-9(11(12)14)10(2)15-8-7-13-5-3-4-6-13/h9-10H,3-8H2,1-2H3,(H2,12,14). The molecule has 1 aliphatic heterocycles. The van der Waals surface area contributed by atoms with Crippen LogP contribution in [0.1, 0.15) is 26.7 Å². The molecule has 88 valence electrons. The van der Waals surface area contributed by atoms with Gasteiger partial charge in [-0.05, 0) is 25.9 Å². The number of amides is 1. The maximum atomic E-state index is 11.0. The van der Waals surface area contributed by atoms with Gasteiger partial charge in [-0.2, -0.15) is 11.8 Å². The highest BCUT2D eigenvalue weighted by Crippen LogP contribution is 2.19. The van der Waals surface area contributed by atoms with Crippen molar-refractivity contribution in [2.45, 2.75) is 31.9 Å². The van der Waals surface area contributed by atoms with E-state index in [1.54, 1.807) is 0 Å². The first-order chi connectivity index (χ1) is 7.11. The molecule has 1 aliphatic rings. The highest BCUT2D eigenvalue weighted by atomic mass is 32.2. The predicted molar refractivity (Wildman–Crippen MR) is 66.0 cm³/mol. The molecule has 1 saturated heterocycles. The van der Waals surface area contributed by atoms with Gasteiger partial charge in [0.1, 0.15) is 0 Å². The van der Waals surface area contributed by atoms with Crippen molar-refractivity contribution in [2.24, 2.45) is 11.7 Å². The minimum Gasteiger partial charge on any atom is -0.369 e. The van der Waals surface area contributed by atoms with E-state index in [0.29, 0.717) is 5.25 Å². The summed E-state index contributed by atoms with van der Waals surface area (Å²) in [6.45, 7) is 7.65. The molecule has 1 rings (SSSR count). The van der Waals surface area contributed by atoms with Crippen LogP contribution in [0.25, 0.3) is 0 Å². The van der Waals surface area contributed by atoms with Crippen LogP contribution in [0.15, 0.2) is 0 Å². The van der Waals surface area contributed by atoms with Crippen LogP contribution in [-0.4, -0.2) is 41.4 Å². The van der Waals surface area contributed by atoms with Gasteiger partial charge >= 0.3 is 0 Å². The molecule has 2 atom stereocenters. The number of hydrogen-bond donors (Lipinski definition) is 1. The fraction of sp³-hybridized carbons (Fsp3) is 0.909. The lowest BCUT2D eigenvalue weighted by Gasteiger charge is -2.19. The van der Waals surface area contributed by atoms with Gasteiger partial charge in [0.05, 0.1) is 0 Å². The van der Waals surface area contributed by atoms with E-state index in [0.717, 1.165) is 12.3 Å². The third-order valence-corrected chi connectivity index (χ3v) is 4.49. The molecule has 0 spiro atoms. The van der Waals surface area contributed by atoms with Crippen LogP contribution in [0.5, 0.6) is 0 Å². The van der Waals surface area contributed by atoms with Crippen molar-refractivity contribution in [2.75, 3.05) is 25.4 Å². The van der Waals surface area contributed by atoms with Crippen molar-refractivity contribution >= 4 is 17.7 Å². The quantitative estimate of drug-likeness (QED) is 0.748. The van der Waals surface area contributed by atoms with Crippen LogP contribution in [0.3, 0.4) is 0 Å². The van der Waals surface area contributed by atoms with E-state index < -0.39 is 0 Å². The molecule has 2 N–H and O–H groups in total. The minimum absolute atomic E-state index is 0.0198. The summed E-state index contributed by atoms with van der Waals surface area (Å²) in [5.41, 5.74) is 5.27. The molecule has 0 saturated carbocycles. The van der Waals surface area contributed by atoms with E-state index in [-0.39, 0.29) is 11.8 Å². The van der Waals surface area contributed by atoms with Crippen molar-refractivity contribution in [3.05, 3.63) is 0 Å². The van der Waals surface area contributed by atoms with Gasteiger partial charge < -0.3 is 10.6 Å². The van der Waals surface area contributed by atoms with E-state index in [9.17, 15) is 4.79 Å². The first-order valence-electron chi connectivity index (χ1n) is 5.74. The topological polar surface area (TPSA) is 46.3 Å². The Bertz CT molecular complexity index is 205. The molecule has 0 bridgehead atoms. The van der Waals surface area contributed by atoms with Gasteiger partial charge in [0.15, 0.2) is 0 Å². The Labute approximate surface area is 96.8 Å². The number of nitrogens with zero attached hydrogens (tertiary/aromatic N) is 1. The normalized spacial score (nSPS) is 21.5. The zero-order valence-corrected chi connectivity index (χ0v) is 10.6. The number of carbonyl (C=O) groups excluding carboxylic acids is 1. The average Bonchev–Trinajstić information content (AvgIpc) is 2.69. The van der Waals surface area contributed by atoms with Crippen molar-refractivity contribution in [1.29, 1.82) is 0 Å². The van der Waals surface area contributed by atoms with Crippen LogP contribution in [0.2, 0.25) is 0 Å². The largest absolute Gasteiger partial charge is 0.369 e. The summed E-state index contributed by atoms with van der Waals surface area (Å²) in [5.74, 6) is 0.906. The zero-order valence-electron chi connectivity index (χ0n) is 9.74. The second-order valence-electron chi connectivity index (χ2n) is 4.32. The number of carbonyl (C=O) groups is 1. The van der Waals surface area contributed by atoms with Crippen LogP contribution >= 0.6 is 11.8 Å². The summed E-state index contributed by atoms with van der Waals surface area (Å²) in [6.07, 6.45) is 2.69. The highest BCUT2D eigenvalue weighted by molar-refractivity contribution is 7.99. The average molecular weight is 230 g/mol. The lowest BCUT2D eigenvalue weighted by molar-refractivity contribution is -0.121. The van der Waals surface area contributed by atoms with Gasteiger partial charge in [-0.1, -0.05) is 13.8 Å². The van der Waals surface area contributed by atoms with E-state index >= 15 is 0 Å². The molecule has 0 aromatic heterocycles. The number of hydrogen-bond acceptors (Lipinski definition) is 3. The first kappa shape index (κ1) is 12.8. The SMILES string of the molecule is CC(SCCN1CCCC1)C(C)C(N)=O. The summed E-state index contributed by atoms with van der Waals surface area (Å²) in [6, 6.07) is 0.